The fraction of sp³-hybridized carbons (Fsp3) is 0.533. The van der Waals surface area contributed by atoms with Crippen LogP contribution in [0.15, 0.2) is 30.3 Å². The normalized spacial score (nSPS) is 11.0. The van der Waals surface area contributed by atoms with E-state index in [4.69, 9.17) is 4.74 Å². The van der Waals surface area contributed by atoms with Crippen LogP contribution in [0.2, 0.25) is 0 Å². The lowest BCUT2D eigenvalue weighted by atomic mass is 10.2. The molecule has 0 bridgehead atoms. The maximum Gasteiger partial charge on any atom is 0.249 e. The topological polar surface area (TPSA) is 29.5 Å². The number of benzene rings is 1. The molecule has 0 atom stereocenters. The molecular formula is C15H23NO2. The van der Waals surface area contributed by atoms with Gasteiger partial charge in [-0.1, -0.05) is 30.3 Å². The molecule has 100 valence electrons. The van der Waals surface area contributed by atoms with Crippen LogP contribution in [0.5, 0.6) is 0 Å². The molecule has 0 heterocycles. The Hall–Kier alpha value is -1.35. The summed E-state index contributed by atoms with van der Waals surface area (Å²) in [5.41, 5.74) is 1.09. The molecule has 1 aromatic carbocycles. The summed E-state index contributed by atoms with van der Waals surface area (Å²) in [6, 6.07) is 10.3. The Morgan fingerprint density at radius 3 is 2.17 bits per heavy atom. The fourth-order valence-corrected chi connectivity index (χ4v) is 2.08. The molecular weight excluding hydrogens is 226 g/mol. The van der Waals surface area contributed by atoms with Crippen molar-refractivity contribution in [1.82, 2.24) is 4.90 Å². The van der Waals surface area contributed by atoms with Crippen LogP contribution in [0.1, 0.15) is 33.3 Å². The minimum absolute atomic E-state index is 0.0518. The van der Waals surface area contributed by atoms with Gasteiger partial charge in [0.2, 0.25) is 5.91 Å². The summed E-state index contributed by atoms with van der Waals surface area (Å²) in [4.78, 5) is 13.9. The number of hydrogen-bond donors (Lipinski definition) is 0. The van der Waals surface area contributed by atoms with Crippen molar-refractivity contribution in [2.24, 2.45) is 0 Å². The maximum absolute atomic E-state index is 12.0. The Kier molecular flexibility index (Phi) is 5.86. The van der Waals surface area contributed by atoms with Crippen molar-refractivity contribution >= 4 is 5.91 Å². The van der Waals surface area contributed by atoms with Gasteiger partial charge in [0.25, 0.3) is 0 Å². The molecule has 0 aliphatic rings. The van der Waals surface area contributed by atoms with Crippen molar-refractivity contribution in [2.75, 3.05) is 6.61 Å². The third kappa shape index (κ3) is 4.49. The van der Waals surface area contributed by atoms with Gasteiger partial charge in [-0.2, -0.15) is 0 Å². The molecule has 18 heavy (non-hydrogen) atoms. The first kappa shape index (κ1) is 14.7. The van der Waals surface area contributed by atoms with Crippen LogP contribution in [-0.2, 0) is 16.1 Å². The Morgan fingerprint density at radius 2 is 1.67 bits per heavy atom. The third-order valence-corrected chi connectivity index (χ3v) is 2.74. The van der Waals surface area contributed by atoms with E-state index in [1.165, 1.54) is 0 Å². The highest BCUT2D eigenvalue weighted by atomic mass is 16.5. The van der Waals surface area contributed by atoms with Gasteiger partial charge in [-0.15, -0.1) is 0 Å². The molecule has 1 aromatic rings. The van der Waals surface area contributed by atoms with E-state index in [1.807, 2.05) is 62.9 Å². The van der Waals surface area contributed by atoms with Gasteiger partial charge >= 0.3 is 0 Å². The number of ether oxygens (including phenoxy) is 1. The zero-order valence-corrected chi connectivity index (χ0v) is 11.7. The molecule has 3 heteroatoms. The zero-order chi connectivity index (χ0) is 13.5. The summed E-state index contributed by atoms with van der Waals surface area (Å²) in [5.74, 6) is 0.0518. The smallest absolute Gasteiger partial charge is 0.249 e. The highest BCUT2D eigenvalue weighted by Crippen LogP contribution is 2.07. The molecule has 0 fully saturated rings. The highest BCUT2D eigenvalue weighted by molar-refractivity contribution is 5.78. The highest BCUT2D eigenvalue weighted by Gasteiger charge is 2.19. The van der Waals surface area contributed by atoms with E-state index in [9.17, 15) is 4.79 Å². The van der Waals surface area contributed by atoms with Gasteiger partial charge in [0.05, 0.1) is 6.61 Å². The monoisotopic (exact) mass is 249 g/mol. The lowest BCUT2D eigenvalue weighted by Gasteiger charge is -2.30. The van der Waals surface area contributed by atoms with Crippen LogP contribution in [0.25, 0.3) is 0 Å². The molecule has 0 aliphatic heterocycles. The molecule has 0 aromatic heterocycles. The molecule has 0 saturated heterocycles. The minimum atomic E-state index is 0.0518. The van der Waals surface area contributed by atoms with E-state index in [0.717, 1.165) is 5.56 Å². The molecule has 1 rings (SSSR count). The molecule has 0 spiro atoms. The van der Waals surface area contributed by atoms with E-state index in [1.54, 1.807) is 0 Å². The number of nitrogens with zero attached hydrogens (tertiary/aromatic N) is 1. The largest absolute Gasteiger partial charge is 0.367 e. The number of carbonyl (C=O) groups excluding carboxylic acids is 1. The van der Waals surface area contributed by atoms with Crippen LogP contribution < -0.4 is 0 Å². The Morgan fingerprint density at radius 1 is 1.11 bits per heavy atom. The lowest BCUT2D eigenvalue weighted by molar-refractivity contribution is -0.140. The second kappa shape index (κ2) is 7.17. The Labute approximate surface area is 110 Å². The summed E-state index contributed by atoms with van der Waals surface area (Å²) >= 11 is 0. The van der Waals surface area contributed by atoms with Crippen molar-refractivity contribution in [3.63, 3.8) is 0 Å². The SMILES string of the molecule is CC(C)N(C(=O)COCc1ccccc1)C(C)C. The number of carbonyl (C=O) groups is 1. The van der Waals surface area contributed by atoms with Crippen molar-refractivity contribution in [3.8, 4) is 0 Å². The van der Waals surface area contributed by atoms with Crippen LogP contribution in [0, 0.1) is 0 Å². The van der Waals surface area contributed by atoms with Crippen molar-refractivity contribution in [3.05, 3.63) is 35.9 Å². The number of amides is 1. The van der Waals surface area contributed by atoms with Gasteiger partial charge in [-0.05, 0) is 33.3 Å². The number of hydrogen-bond acceptors (Lipinski definition) is 2. The predicted molar refractivity (Wildman–Crippen MR) is 73.2 cm³/mol. The first-order valence-electron chi connectivity index (χ1n) is 6.45. The summed E-state index contributed by atoms with van der Waals surface area (Å²) in [5, 5.41) is 0. The van der Waals surface area contributed by atoms with E-state index < -0.39 is 0 Å². The van der Waals surface area contributed by atoms with Gasteiger partial charge in [0, 0.05) is 12.1 Å². The van der Waals surface area contributed by atoms with Gasteiger partial charge in [-0.3, -0.25) is 4.79 Å². The maximum atomic E-state index is 12.0. The van der Waals surface area contributed by atoms with Crippen molar-refractivity contribution in [2.45, 2.75) is 46.4 Å². The second-order valence-corrected chi connectivity index (χ2v) is 4.97. The predicted octanol–water partition coefficient (Wildman–Crippen LogP) is 2.85. The van der Waals surface area contributed by atoms with Gasteiger partial charge in [0.1, 0.15) is 6.61 Å². The van der Waals surface area contributed by atoms with E-state index in [0.29, 0.717) is 6.61 Å². The molecule has 0 aliphatic carbocycles. The molecule has 0 unspecified atom stereocenters. The van der Waals surface area contributed by atoms with Gasteiger partial charge < -0.3 is 9.64 Å². The quantitative estimate of drug-likeness (QED) is 0.776. The van der Waals surface area contributed by atoms with E-state index in [2.05, 4.69) is 0 Å². The number of rotatable bonds is 6. The molecule has 0 saturated carbocycles. The van der Waals surface area contributed by atoms with Gasteiger partial charge in [0.15, 0.2) is 0 Å². The van der Waals surface area contributed by atoms with Gasteiger partial charge in [-0.25, -0.2) is 0 Å². The fourth-order valence-electron chi connectivity index (χ4n) is 2.08. The third-order valence-electron chi connectivity index (χ3n) is 2.74. The Balaban J connectivity index is 2.41. The second-order valence-electron chi connectivity index (χ2n) is 4.97. The van der Waals surface area contributed by atoms with Crippen LogP contribution in [0.4, 0.5) is 0 Å². The zero-order valence-electron chi connectivity index (χ0n) is 11.7. The summed E-state index contributed by atoms with van der Waals surface area (Å²) < 4.78 is 5.47. The van der Waals surface area contributed by atoms with Crippen molar-refractivity contribution < 1.29 is 9.53 Å². The summed E-state index contributed by atoms with van der Waals surface area (Å²) in [6.07, 6.45) is 0. The molecule has 0 radical (unpaired) electrons. The molecule has 3 nitrogen and oxygen atoms in total. The average Bonchev–Trinajstić information content (AvgIpc) is 2.29. The van der Waals surface area contributed by atoms with Crippen LogP contribution in [-0.4, -0.2) is 29.5 Å². The molecule has 1 amide bonds. The minimum Gasteiger partial charge on any atom is -0.367 e. The van der Waals surface area contributed by atoms with E-state index >= 15 is 0 Å². The average molecular weight is 249 g/mol. The Bertz CT molecular complexity index is 352. The first-order valence-corrected chi connectivity index (χ1v) is 6.45. The summed E-state index contributed by atoms with van der Waals surface area (Å²) in [7, 11) is 0. The van der Waals surface area contributed by atoms with Crippen molar-refractivity contribution in [1.29, 1.82) is 0 Å². The van der Waals surface area contributed by atoms with Crippen LogP contribution >= 0.6 is 0 Å². The first-order chi connectivity index (χ1) is 8.52. The molecule has 0 N–H and O–H groups in total. The standard InChI is InChI=1S/C15H23NO2/c1-12(2)16(13(3)4)15(17)11-18-10-14-8-6-5-7-9-14/h5-9,12-13H,10-11H2,1-4H3. The van der Waals surface area contributed by atoms with Crippen LogP contribution in [0.3, 0.4) is 0 Å². The lowest BCUT2D eigenvalue weighted by Crippen LogP contribution is -2.43. The van der Waals surface area contributed by atoms with E-state index in [-0.39, 0.29) is 24.6 Å². The summed E-state index contributed by atoms with van der Waals surface area (Å²) in [6.45, 7) is 8.72.